The molecule has 3 aliphatic rings. The molecule has 1 saturated heterocycles. The molecule has 2 heterocycles. The van der Waals surface area contributed by atoms with E-state index in [0.717, 1.165) is 49.2 Å². The van der Waals surface area contributed by atoms with E-state index in [-0.39, 0.29) is 0 Å². The Labute approximate surface area is 135 Å². The molecule has 4 rings (SSSR count). The van der Waals surface area contributed by atoms with E-state index in [1.165, 1.54) is 16.7 Å². The van der Waals surface area contributed by atoms with Gasteiger partial charge in [0, 0.05) is 36.8 Å². The molecule has 3 nitrogen and oxygen atoms in total. The van der Waals surface area contributed by atoms with Gasteiger partial charge in [-0.3, -0.25) is 0 Å². The number of piperazine rings is 1. The van der Waals surface area contributed by atoms with E-state index in [2.05, 4.69) is 40.6 Å². The number of hydrogen-bond donors (Lipinski definition) is 1. The highest BCUT2D eigenvalue weighted by molar-refractivity contribution is 6.31. The summed E-state index contributed by atoms with van der Waals surface area (Å²) >= 11 is 6.20. The van der Waals surface area contributed by atoms with Gasteiger partial charge in [0.2, 0.25) is 0 Å². The molecule has 0 atom stereocenters. The third kappa shape index (κ3) is 2.51. The number of fused-ring (bicyclic) bond motifs is 2. The molecule has 1 fully saturated rings. The lowest BCUT2D eigenvalue weighted by molar-refractivity contribution is 0.358. The number of benzene rings is 1. The predicted octanol–water partition coefficient (Wildman–Crippen LogP) is 3.15. The number of nitrogens with one attached hydrogen (secondary N) is 1. The van der Waals surface area contributed by atoms with Crippen molar-refractivity contribution >= 4 is 23.5 Å². The number of halogens is 1. The summed E-state index contributed by atoms with van der Waals surface area (Å²) in [4.78, 5) is 7.37. The molecule has 1 aromatic rings. The van der Waals surface area contributed by atoms with Crippen molar-refractivity contribution in [2.24, 2.45) is 4.99 Å². The van der Waals surface area contributed by atoms with Crippen molar-refractivity contribution in [2.75, 3.05) is 26.2 Å². The minimum absolute atomic E-state index is 0.779. The molecule has 1 aromatic carbocycles. The van der Waals surface area contributed by atoms with E-state index in [0.29, 0.717) is 0 Å². The number of hydrogen-bond acceptors (Lipinski definition) is 3. The van der Waals surface area contributed by atoms with Crippen molar-refractivity contribution in [3.63, 3.8) is 0 Å². The molecule has 22 heavy (non-hydrogen) atoms. The van der Waals surface area contributed by atoms with Crippen LogP contribution in [0.1, 0.15) is 17.5 Å². The monoisotopic (exact) mass is 311 g/mol. The van der Waals surface area contributed by atoms with Crippen LogP contribution in [0, 0.1) is 0 Å². The molecule has 1 aliphatic carbocycles. The Morgan fingerprint density at radius 1 is 1.09 bits per heavy atom. The highest BCUT2D eigenvalue weighted by Gasteiger charge is 2.23. The van der Waals surface area contributed by atoms with Crippen molar-refractivity contribution in [1.29, 1.82) is 0 Å². The van der Waals surface area contributed by atoms with Gasteiger partial charge in [-0.15, -0.1) is 0 Å². The Balaban J connectivity index is 1.86. The summed E-state index contributed by atoms with van der Waals surface area (Å²) in [5.74, 6) is 1.07. The van der Waals surface area contributed by atoms with Crippen molar-refractivity contribution in [3.8, 4) is 0 Å². The minimum atomic E-state index is 0.779. The van der Waals surface area contributed by atoms with Gasteiger partial charge in [0.15, 0.2) is 0 Å². The zero-order chi connectivity index (χ0) is 14.9. The van der Waals surface area contributed by atoms with Gasteiger partial charge in [-0.25, -0.2) is 4.99 Å². The lowest BCUT2D eigenvalue weighted by Crippen LogP contribution is -2.46. The lowest BCUT2D eigenvalue weighted by atomic mass is 10.00. The number of allylic oxidation sites excluding steroid dienone is 4. The fraction of sp³-hybridized carbons (Fsp3) is 0.278. The van der Waals surface area contributed by atoms with E-state index in [4.69, 9.17) is 16.6 Å². The molecular formula is C18H18ClN3. The molecule has 1 N–H and O–H groups in total. The first-order valence-electron chi connectivity index (χ1n) is 7.73. The molecular weight excluding hydrogens is 294 g/mol. The fourth-order valence-electron chi connectivity index (χ4n) is 3.14. The zero-order valence-corrected chi connectivity index (χ0v) is 13.1. The quantitative estimate of drug-likeness (QED) is 0.797. The molecule has 0 saturated carbocycles. The van der Waals surface area contributed by atoms with Gasteiger partial charge in [-0.1, -0.05) is 41.9 Å². The van der Waals surface area contributed by atoms with Crippen molar-refractivity contribution < 1.29 is 0 Å². The first-order chi connectivity index (χ1) is 10.8. The molecule has 0 amide bonds. The van der Waals surface area contributed by atoms with E-state index < -0.39 is 0 Å². The van der Waals surface area contributed by atoms with Crippen LogP contribution >= 0.6 is 11.6 Å². The van der Waals surface area contributed by atoms with E-state index >= 15 is 0 Å². The van der Waals surface area contributed by atoms with Gasteiger partial charge in [0.05, 0.1) is 5.70 Å². The van der Waals surface area contributed by atoms with Crippen LogP contribution in [0.15, 0.2) is 57.7 Å². The highest BCUT2D eigenvalue weighted by Crippen LogP contribution is 2.32. The average molecular weight is 312 g/mol. The number of amidine groups is 1. The second-order valence-corrected chi connectivity index (χ2v) is 6.19. The first kappa shape index (κ1) is 13.8. The zero-order valence-electron chi connectivity index (χ0n) is 12.3. The molecule has 0 bridgehead atoms. The van der Waals surface area contributed by atoms with Crippen LogP contribution in [-0.2, 0) is 0 Å². The molecule has 2 aliphatic heterocycles. The summed E-state index contributed by atoms with van der Waals surface area (Å²) in [6.07, 6.45) is 7.12. The van der Waals surface area contributed by atoms with Crippen molar-refractivity contribution in [2.45, 2.75) is 6.42 Å². The van der Waals surface area contributed by atoms with E-state index in [1.54, 1.807) is 0 Å². The second kappa shape index (κ2) is 5.75. The van der Waals surface area contributed by atoms with Gasteiger partial charge in [-0.2, -0.15) is 0 Å². The maximum Gasteiger partial charge on any atom is 0.137 e. The maximum atomic E-state index is 6.20. The summed E-state index contributed by atoms with van der Waals surface area (Å²) in [7, 11) is 0. The van der Waals surface area contributed by atoms with Crippen molar-refractivity contribution in [3.05, 3.63) is 63.8 Å². The number of nitrogens with zero attached hydrogens (tertiary/aromatic N) is 2. The van der Waals surface area contributed by atoms with Gasteiger partial charge in [0.1, 0.15) is 5.84 Å². The van der Waals surface area contributed by atoms with Crippen LogP contribution < -0.4 is 5.32 Å². The van der Waals surface area contributed by atoms with Crippen LogP contribution in [0.5, 0.6) is 0 Å². The SMILES string of the molecule is ClC1=CCC2=Cc3ccccc3C(N3CCNCC3)=NC2=C1. The largest absolute Gasteiger partial charge is 0.354 e. The van der Waals surface area contributed by atoms with Crippen LogP contribution in [-0.4, -0.2) is 36.9 Å². The standard InChI is InChI=1S/C18H18ClN3/c19-15-6-5-14-11-13-3-1-2-4-16(13)18(21-17(14)12-15)22-9-7-20-8-10-22/h1-4,6,11-12,20H,5,7-10H2. The topological polar surface area (TPSA) is 27.6 Å². The fourth-order valence-corrected chi connectivity index (χ4v) is 3.32. The maximum absolute atomic E-state index is 6.20. The highest BCUT2D eigenvalue weighted by atomic mass is 35.5. The lowest BCUT2D eigenvalue weighted by Gasteiger charge is -2.31. The van der Waals surface area contributed by atoms with E-state index in [9.17, 15) is 0 Å². The van der Waals surface area contributed by atoms with E-state index in [1.807, 2.05) is 12.2 Å². The van der Waals surface area contributed by atoms with Gasteiger partial charge >= 0.3 is 0 Å². The predicted molar refractivity (Wildman–Crippen MR) is 92.0 cm³/mol. The van der Waals surface area contributed by atoms with Crippen LogP contribution in [0.3, 0.4) is 0 Å². The molecule has 0 aromatic heterocycles. The molecule has 0 radical (unpaired) electrons. The molecule has 4 heteroatoms. The second-order valence-electron chi connectivity index (χ2n) is 5.75. The molecule has 0 spiro atoms. The smallest absolute Gasteiger partial charge is 0.137 e. The summed E-state index contributed by atoms with van der Waals surface area (Å²) in [5, 5.41) is 4.18. The van der Waals surface area contributed by atoms with Gasteiger partial charge < -0.3 is 10.2 Å². The third-order valence-corrected chi connectivity index (χ3v) is 4.56. The van der Waals surface area contributed by atoms with Crippen LogP contribution in [0.2, 0.25) is 0 Å². The number of aliphatic imine (C=N–C) groups is 1. The first-order valence-corrected chi connectivity index (χ1v) is 8.11. The number of rotatable bonds is 0. The van der Waals surface area contributed by atoms with Gasteiger partial charge in [-0.05, 0) is 29.7 Å². The van der Waals surface area contributed by atoms with Crippen LogP contribution in [0.4, 0.5) is 0 Å². The summed E-state index contributed by atoms with van der Waals surface area (Å²) in [5.41, 5.74) is 4.69. The normalized spacial score (nSPS) is 20.9. The Bertz CT molecular complexity index is 722. The Morgan fingerprint density at radius 2 is 1.91 bits per heavy atom. The Morgan fingerprint density at radius 3 is 2.77 bits per heavy atom. The Hall–Kier alpha value is -1.84. The summed E-state index contributed by atoms with van der Waals surface area (Å²) in [6, 6.07) is 8.51. The van der Waals surface area contributed by atoms with Gasteiger partial charge in [0.25, 0.3) is 0 Å². The Kier molecular flexibility index (Phi) is 3.60. The molecule has 0 unspecified atom stereocenters. The third-order valence-electron chi connectivity index (χ3n) is 4.29. The molecule has 112 valence electrons. The summed E-state index contributed by atoms with van der Waals surface area (Å²) in [6.45, 7) is 3.97. The average Bonchev–Trinajstić information content (AvgIpc) is 2.72. The summed E-state index contributed by atoms with van der Waals surface area (Å²) < 4.78 is 0. The minimum Gasteiger partial charge on any atom is -0.354 e. The van der Waals surface area contributed by atoms with Crippen LogP contribution in [0.25, 0.3) is 6.08 Å². The van der Waals surface area contributed by atoms with Crippen molar-refractivity contribution in [1.82, 2.24) is 10.2 Å².